The molecule has 1 fully saturated rings. The van der Waals surface area contributed by atoms with Gasteiger partial charge in [-0.3, -0.25) is 9.69 Å². The lowest BCUT2D eigenvalue weighted by Crippen LogP contribution is -2.40. The van der Waals surface area contributed by atoms with Crippen molar-refractivity contribution in [1.29, 1.82) is 0 Å². The van der Waals surface area contributed by atoms with Crippen LogP contribution in [0.3, 0.4) is 0 Å². The number of esters is 1. The Kier molecular flexibility index (Phi) is 4.26. The number of urea groups is 1. The van der Waals surface area contributed by atoms with E-state index in [-0.39, 0.29) is 17.9 Å². The normalized spacial score (nSPS) is 19.9. The van der Waals surface area contributed by atoms with E-state index >= 15 is 0 Å². The summed E-state index contributed by atoms with van der Waals surface area (Å²) in [6.07, 6.45) is 1.30. The molecule has 3 rings (SSSR count). The molecule has 1 N–H and O–H groups in total. The first-order valence-electron chi connectivity index (χ1n) is 7.41. The zero-order chi connectivity index (χ0) is 18.2. The topological polar surface area (TPSA) is 88.8 Å². The van der Waals surface area contributed by atoms with E-state index in [1.54, 1.807) is 31.2 Å². The van der Waals surface area contributed by atoms with Gasteiger partial charge in [-0.1, -0.05) is 23.7 Å². The standard InChI is InChI=1S/C17H15ClN2O5/c1-17(10-3-5-11(18)6-4-10)15(22)20(16(23)19-17)9-13-12(7-8-25-13)14(21)24-2/h3-8H,9H2,1-2H3,(H,19,23). The number of rotatable bonds is 4. The monoisotopic (exact) mass is 362 g/mol. The van der Waals surface area contributed by atoms with E-state index in [2.05, 4.69) is 10.1 Å². The van der Waals surface area contributed by atoms with Gasteiger partial charge in [-0.25, -0.2) is 9.59 Å². The number of carbonyl (C=O) groups excluding carboxylic acids is 3. The Balaban J connectivity index is 1.88. The van der Waals surface area contributed by atoms with E-state index < -0.39 is 23.4 Å². The molecule has 130 valence electrons. The predicted octanol–water partition coefficient (Wildman–Crippen LogP) is 2.69. The van der Waals surface area contributed by atoms with E-state index in [1.807, 2.05) is 0 Å². The maximum Gasteiger partial charge on any atom is 0.341 e. The summed E-state index contributed by atoms with van der Waals surface area (Å²) in [7, 11) is 1.24. The van der Waals surface area contributed by atoms with Gasteiger partial charge in [0, 0.05) is 5.02 Å². The van der Waals surface area contributed by atoms with Crippen molar-refractivity contribution >= 4 is 29.5 Å². The molecule has 1 aliphatic rings. The number of carbonyl (C=O) groups is 3. The molecule has 0 spiro atoms. The Labute approximate surface area is 148 Å². The third-order valence-corrected chi connectivity index (χ3v) is 4.40. The number of methoxy groups -OCH3 is 1. The molecule has 2 aromatic rings. The molecular weight excluding hydrogens is 348 g/mol. The fourth-order valence-electron chi connectivity index (χ4n) is 2.72. The van der Waals surface area contributed by atoms with E-state index in [9.17, 15) is 14.4 Å². The molecule has 1 aliphatic heterocycles. The highest BCUT2D eigenvalue weighted by atomic mass is 35.5. The van der Waals surface area contributed by atoms with Crippen molar-refractivity contribution < 1.29 is 23.5 Å². The Bertz CT molecular complexity index is 845. The van der Waals surface area contributed by atoms with Gasteiger partial charge >= 0.3 is 12.0 Å². The quantitative estimate of drug-likeness (QED) is 0.667. The maximum absolute atomic E-state index is 12.9. The first-order valence-corrected chi connectivity index (χ1v) is 7.79. The Morgan fingerprint density at radius 1 is 1.28 bits per heavy atom. The van der Waals surface area contributed by atoms with Crippen LogP contribution in [0.4, 0.5) is 4.79 Å². The number of hydrogen-bond donors (Lipinski definition) is 1. The number of hydrogen-bond acceptors (Lipinski definition) is 5. The van der Waals surface area contributed by atoms with E-state index in [1.165, 1.54) is 19.4 Å². The molecule has 2 heterocycles. The first-order chi connectivity index (χ1) is 11.9. The summed E-state index contributed by atoms with van der Waals surface area (Å²) in [6.45, 7) is 1.44. The lowest BCUT2D eigenvalue weighted by molar-refractivity contribution is -0.131. The van der Waals surface area contributed by atoms with Crippen LogP contribution in [-0.4, -0.2) is 29.9 Å². The van der Waals surface area contributed by atoms with Gasteiger partial charge in [-0.15, -0.1) is 0 Å². The van der Waals surface area contributed by atoms with Crippen LogP contribution < -0.4 is 5.32 Å². The van der Waals surface area contributed by atoms with Crippen LogP contribution in [0.25, 0.3) is 0 Å². The van der Waals surface area contributed by atoms with Gasteiger partial charge in [0.1, 0.15) is 16.9 Å². The zero-order valence-corrected chi connectivity index (χ0v) is 14.3. The Hall–Kier alpha value is -2.80. The molecule has 0 bridgehead atoms. The Morgan fingerprint density at radius 2 is 1.96 bits per heavy atom. The number of halogens is 1. The van der Waals surface area contributed by atoms with Crippen LogP contribution in [0.15, 0.2) is 41.0 Å². The van der Waals surface area contributed by atoms with Crippen molar-refractivity contribution in [3.05, 3.63) is 58.5 Å². The van der Waals surface area contributed by atoms with Gasteiger partial charge in [0.2, 0.25) is 0 Å². The summed E-state index contributed by atoms with van der Waals surface area (Å²) >= 11 is 5.87. The summed E-state index contributed by atoms with van der Waals surface area (Å²) < 4.78 is 9.90. The highest BCUT2D eigenvalue weighted by molar-refractivity contribution is 6.30. The average Bonchev–Trinajstić information content (AvgIpc) is 3.14. The first kappa shape index (κ1) is 17.0. The summed E-state index contributed by atoms with van der Waals surface area (Å²) in [4.78, 5) is 37.9. The number of nitrogens with one attached hydrogen (secondary N) is 1. The molecule has 1 aromatic heterocycles. The van der Waals surface area contributed by atoms with Crippen LogP contribution >= 0.6 is 11.6 Å². The Morgan fingerprint density at radius 3 is 2.60 bits per heavy atom. The minimum atomic E-state index is -1.22. The minimum absolute atomic E-state index is 0.170. The molecule has 0 saturated carbocycles. The summed E-state index contributed by atoms with van der Waals surface area (Å²) in [5, 5.41) is 3.20. The van der Waals surface area contributed by atoms with Crippen molar-refractivity contribution in [3.8, 4) is 0 Å². The molecule has 3 amide bonds. The van der Waals surface area contributed by atoms with E-state index in [0.29, 0.717) is 10.6 Å². The molecule has 25 heavy (non-hydrogen) atoms. The number of benzene rings is 1. The van der Waals surface area contributed by atoms with Gasteiger partial charge in [0.15, 0.2) is 0 Å². The second-order valence-electron chi connectivity index (χ2n) is 5.70. The summed E-state index contributed by atoms with van der Waals surface area (Å²) in [5.74, 6) is -0.876. The number of furan rings is 1. The fourth-order valence-corrected chi connectivity index (χ4v) is 2.84. The van der Waals surface area contributed by atoms with Crippen molar-refractivity contribution in [2.45, 2.75) is 19.0 Å². The highest BCUT2D eigenvalue weighted by Crippen LogP contribution is 2.31. The average molecular weight is 363 g/mol. The van der Waals surface area contributed by atoms with Crippen LogP contribution in [-0.2, 0) is 21.6 Å². The lowest BCUT2D eigenvalue weighted by Gasteiger charge is -2.22. The molecule has 1 atom stereocenters. The van der Waals surface area contributed by atoms with Gasteiger partial charge in [-0.2, -0.15) is 0 Å². The number of imide groups is 1. The van der Waals surface area contributed by atoms with E-state index in [4.69, 9.17) is 16.0 Å². The van der Waals surface area contributed by atoms with Gasteiger partial charge in [0.25, 0.3) is 5.91 Å². The molecule has 8 heteroatoms. The molecule has 0 radical (unpaired) electrons. The SMILES string of the molecule is COC(=O)c1ccoc1CN1C(=O)NC(C)(c2ccc(Cl)cc2)C1=O. The van der Waals surface area contributed by atoms with Crippen LogP contribution in [0.5, 0.6) is 0 Å². The van der Waals surface area contributed by atoms with Crippen molar-refractivity contribution in [2.24, 2.45) is 0 Å². The van der Waals surface area contributed by atoms with Crippen molar-refractivity contribution in [1.82, 2.24) is 10.2 Å². The van der Waals surface area contributed by atoms with Crippen molar-refractivity contribution in [3.63, 3.8) is 0 Å². The molecule has 7 nitrogen and oxygen atoms in total. The summed E-state index contributed by atoms with van der Waals surface area (Å²) in [5.41, 5.74) is -0.451. The van der Waals surface area contributed by atoms with Gasteiger partial charge < -0.3 is 14.5 Å². The molecule has 1 saturated heterocycles. The fraction of sp³-hybridized carbons (Fsp3) is 0.235. The number of nitrogens with zero attached hydrogens (tertiary/aromatic N) is 1. The third-order valence-electron chi connectivity index (χ3n) is 4.15. The highest BCUT2D eigenvalue weighted by Gasteiger charge is 2.49. The van der Waals surface area contributed by atoms with Crippen molar-refractivity contribution in [2.75, 3.05) is 7.11 Å². The lowest BCUT2D eigenvalue weighted by atomic mass is 9.92. The summed E-state index contributed by atoms with van der Waals surface area (Å²) in [6, 6.07) is 7.50. The minimum Gasteiger partial charge on any atom is -0.467 e. The molecule has 1 aromatic carbocycles. The van der Waals surface area contributed by atoms with Crippen LogP contribution in [0.1, 0.15) is 28.6 Å². The number of amides is 3. The van der Waals surface area contributed by atoms with Crippen LogP contribution in [0.2, 0.25) is 5.02 Å². The molecule has 1 unspecified atom stereocenters. The van der Waals surface area contributed by atoms with Gasteiger partial charge in [0.05, 0.1) is 19.9 Å². The second kappa shape index (κ2) is 6.25. The molecule has 0 aliphatic carbocycles. The van der Waals surface area contributed by atoms with E-state index in [0.717, 1.165) is 4.90 Å². The largest absolute Gasteiger partial charge is 0.467 e. The zero-order valence-electron chi connectivity index (χ0n) is 13.5. The molecular formula is C17H15ClN2O5. The smallest absolute Gasteiger partial charge is 0.341 e. The maximum atomic E-state index is 12.9. The number of ether oxygens (including phenoxy) is 1. The van der Waals surface area contributed by atoms with Gasteiger partial charge in [-0.05, 0) is 30.7 Å². The third kappa shape index (κ3) is 2.87. The second-order valence-corrected chi connectivity index (χ2v) is 6.14. The predicted molar refractivity (Wildman–Crippen MR) is 87.9 cm³/mol. The van der Waals surface area contributed by atoms with Crippen LogP contribution in [0, 0.1) is 0 Å².